The van der Waals surface area contributed by atoms with E-state index in [0.717, 1.165) is 6.07 Å². The van der Waals surface area contributed by atoms with Crippen molar-refractivity contribution in [2.24, 2.45) is 5.73 Å². The van der Waals surface area contributed by atoms with Gasteiger partial charge in [0.2, 0.25) is 0 Å². The molecule has 0 fully saturated rings. The van der Waals surface area contributed by atoms with Gasteiger partial charge in [0.05, 0.1) is 5.39 Å². The van der Waals surface area contributed by atoms with Gasteiger partial charge in [0, 0.05) is 6.54 Å². The van der Waals surface area contributed by atoms with Crippen LogP contribution in [0.25, 0.3) is 11.0 Å². The molecule has 5 nitrogen and oxygen atoms in total. The molecule has 2 rings (SSSR count). The molecule has 0 saturated heterocycles. The van der Waals surface area contributed by atoms with Crippen molar-refractivity contribution in [3.8, 4) is 0 Å². The van der Waals surface area contributed by atoms with Crippen molar-refractivity contribution in [3.05, 3.63) is 33.5 Å². The summed E-state index contributed by atoms with van der Waals surface area (Å²) < 4.78 is 38.2. The number of hydrogen-bond donors (Lipinski definition) is 2. The Labute approximate surface area is 98.9 Å². The molecule has 3 N–H and O–H groups in total. The summed E-state index contributed by atoms with van der Waals surface area (Å²) in [5.41, 5.74) is 3.14. The minimum absolute atomic E-state index is 0.00551. The van der Waals surface area contributed by atoms with Crippen LogP contribution in [0.5, 0.6) is 0 Å². The van der Waals surface area contributed by atoms with Crippen LogP contribution in [0.1, 0.15) is 17.1 Å². The van der Waals surface area contributed by atoms with E-state index >= 15 is 0 Å². The highest BCUT2D eigenvalue weighted by atomic mass is 19.4. The molecule has 0 aliphatic rings. The Kier molecular flexibility index (Phi) is 2.81. The number of alkyl halides is 3. The number of aromatic amines is 1. The molecule has 2 heterocycles. The predicted octanol–water partition coefficient (Wildman–Crippen LogP) is 1.10. The first kappa shape index (κ1) is 12.5. The molecule has 96 valence electrons. The van der Waals surface area contributed by atoms with Crippen LogP contribution in [-0.2, 0) is 12.7 Å². The van der Waals surface area contributed by atoms with Crippen molar-refractivity contribution < 1.29 is 13.2 Å². The van der Waals surface area contributed by atoms with Crippen molar-refractivity contribution in [1.82, 2.24) is 15.0 Å². The third-order valence-electron chi connectivity index (χ3n) is 2.38. The SMILES string of the molecule is Cc1nc2nc(C(F)(F)F)c(CN)cc2c(=O)[nH]1. The van der Waals surface area contributed by atoms with Crippen molar-refractivity contribution in [1.29, 1.82) is 0 Å². The average Bonchev–Trinajstić information content (AvgIpc) is 2.26. The summed E-state index contributed by atoms with van der Waals surface area (Å²) in [7, 11) is 0. The van der Waals surface area contributed by atoms with Gasteiger partial charge >= 0.3 is 6.18 Å². The summed E-state index contributed by atoms with van der Waals surface area (Å²) in [4.78, 5) is 21.1. The van der Waals surface area contributed by atoms with Crippen molar-refractivity contribution in [2.75, 3.05) is 0 Å². The van der Waals surface area contributed by atoms with Crippen LogP contribution in [0.4, 0.5) is 13.2 Å². The first-order chi connectivity index (χ1) is 8.32. The zero-order valence-electron chi connectivity index (χ0n) is 9.30. The Balaban J connectivity index is 2.86. The predicted molar refractivity (Wildman–Crippen MR) is 57.8 cm³/mol. The van der Waals surface area contributed by atoms with Crippen molar-refractivity contribution >= 4 is 11.0 Å². The number of nitrogens with two attached hydrogens (primary N) is 1. The van der Waals surface area contributed by atoms with Crippen molar-refractivity contribution in [2.45, 2.75) is 19.6 Å². The minimum Gasteiger partial charge on any atom is -0.326 e. The number of H-pyrrole nitrogens is 1. The Morgan fingerprint density at radius 1 is 1.39 bits per heavy atom. The number of nitrogens with one attached hydrogen (secondary N) is 1. The third kappa shape index (κ3) is 2.06. The van der Waals surface area contributed by atoms with E-state index in [9.17, 15) is 18.0 Å². The van der Waals surface area contributed by atoms with Crippen LogP contribution in [0.15, 0.2) is 10.9 Å². The van der Waals surface area contributed by atoms with Gasteiger partial charge in [-0.15, -0.1) is 0 Å². The quantitative estimate of drug-likeness (QED) is 0.802. The summed E-state index contributed by atoms with van der Waals surface area (Å²) in [5, 5.41) is -0.00551. The number of halogens is 3. The van der Waals surface area contributed by atoms with Crippen LogP contribution < -0.4 is 11.3 Å². The molecule has 0 radical (unpaired) electrons. The van der Waals surface area contributed by atoms with Gasteiger partial charge in [0.25, 0.3) is 5.56 Å². The Morgan fingerprint density at radius 3 is 2.61 bits per heavy atom. The lowest BCUT2D eigenvalue weighted by atomic mass is 10.1. The topological polar surface area (TPSA) is 84.7 Å². The maximum absolute atomic E-state index is 12.7. The number of aromatic nitrogens is 3. The summed E-state index contributed by atoms with van der Waals surface area (Å²) in [6.45, 7) is 1.11. The summed E-state index contributed by atoms with van der Waals surface area (Å²) in [6.07, 6.45) is -4.62. The summed E-state index contributed by atoms with van der Waals surface area (Å²) in [6, 6.07) is 1.08. The van der Waals surface area contributed by atoms with Crippen LogP contribution in [-0.4, -0.2) is 15.0 Å². The fourth-order valence-electron chi connectivity index (χ4n) is 1.62. The number of hydrogen-bond acceptors (Lipinski definition) is 4. The number of rotatable bonds is 1. The van der Waals surface area contributed by atoms with Crippen LogP contribution in [0, 0.1) is 6.92 Å². The van der Waals surface area contributed by atoms with E-state index in [1.54, 1.807) is 0 Å². The van der Waals surface area contributed by atoms with Gasteiger partial charge in [-0.2, -0.15) is 13.2 Å². The van der Waals surface area contributed by atoms with Gasteiger partial charge in [-0.3, -0.25) is 4.79 Å². The van der Waals surface area contributed by atoms with E-state index in [4.69, 9.17) is 5.73 Å². The summed E-state index contributed by atoms with van der Waals surface area (Å²) >= 11 is 0. The van der Waals surface area contributed by atoms with Gasteiger partial charge < -0.3 is 10.7 Å². The monoisotopic (exact) mass is 258 g/mol. The first-order valence-corrected chi connectivity index (χ1v) is 5.00. The highest BCUT2D eigenvalue weighted by Gasteiger charge is 2.35. The molecule has 0 unspecified atom stereocenters. The lowest BCUT2D eigenvalue weighted by Gasteiger charge is -2.11. The largest absolute Gasteiger partial charge is 0.433 e. The Morgan fingerprint density at radius 2 is 2.06 bits per heavy atom. The van der Waals surface area contributed by atoms with Crippen LogP contribution >= 0.6 is 0 Å². The number of nitrogens with zero attached hydrogens (tertiary/aromatic N) is 2. The molecule has 0 aliphatic carbocycles. The molecule has 0 bridgehead atoms. The number of fused-ring (bicyclic) bond motifs is 1. The third-order valence-corrected chi connectivity index (χ3v) is 2.38. The number of pyridine rings is 1. The molecule has 0 aromatic carbocycles. The molecule has 2 aromatic heterocycles. The standard InChI is InChI=1S/C10H9F3N4O/c1-4-15-8-6(9(18)16-4)2-5(3-14)7(17-8)10(11,12)13/h2H,3,14H2,1H3,(H,15,16,17,18). The second-order valence-electron chi connectivity index (χ2n) is 3.72. The smallest absolute Gasteiger partial charge is 0.326 e. The molecule has 0 aliphatic heterocycles. The molecule has 0 spiro atoms. The maximum atomic E-state index is 12.7. The maximum Gasteiger partial charge on any atom is 0.433 e. The fourth-order valence-corrected chi connectivity index (χ4v) is 1.62. The molecule has 0 saturated carbocycles. The van der Waals surface area contributed by atoms with E-state index in [1.165, 1.54) is 6.92 Å². The number of aryl methyl sites for hydroxylation is 1. The van der Waals surface area contributed by atoms with Gasteiger partial charge in [0.15, 0.2) is 11.3 Å². The van der Waals surface area contributed by atoms with E-state index in [0.29, 0.717) is 0 Å². The molecule has 18 heavy (non-hydrogen) atoms. The second-order valence-corrected chi connectivity index (χ2v) is 3.72. The Hall–Kier alpha value is -1.96. The highest BCUT2D eigenvalue weighted by molar-refractivity contribution is 5.74. The lowest BCUT2D eigenvalue weighted by Crippen LogP contribution is -2.18. The molecular weight excluding hydrogens is 249 g/mol. The van der Waals surface area contributed by atoms with Gasteiger partial charge in [-0.1, -0.05) is 0 Å². The van der Waals surface area contributed by atoms with Gasteiger partial charge in [-0.05, 0) is 18.6 Å². The molecule has 2 aromatic rings. The first-order valence-electron chi connectivity index (χ1n) is 5.00. The average molecular weight is 258 g/mol. The molecular formula is C10H9F3N4O. The highest BCUT2D eigenvalue weighted by Crippen LogP contribution is 2.31. The summed E-state index contributed by atoms with van der Waals surface area (Å²) in [5.74, 6) is 0.202. The zero-order valence-corrected chi connectivity index (χ0v) is 9.30. The van der Waals surface area contributed by atoms with Crippen molar-refractivity contribution in [3.63, 3.8) is 0 Å². The van der Waals surface area contributed by atoms with Gasteiger partial charge in [-0.25, -0.2) is 9.97 Å². The normalized spacial score (nSPS) is 12.1. The van der Waals surface area contributed by atoms with Crippen LogP contribution in [0.3, 0.4) is 0 Å². The zero-order chi connectivity index (χ0) is 13.5. The van der Waals surface area contributed by atoms with E-state index < -0.39 is 17.4 Å². The lowest BCUT2D eigenvalue weighted by molar-refractivity contribution is -0.141. The van der Waals surface area contributed by atoms with Gasteiger partial charge in [0.1, 0.15) is 5.82 Å². The minimum atomic E-state index is -4.62. The van der Waals surface area contributed by atoms with E-state index in [-0.39, 0.29) is 29.0 Å². The fraction of sp³-hybridized carbons (Fsp3) is 0.300. The second kappa shape index (κ2) is 4.05. The Bertz CT molecular complexity index is 662. The molecule has 0 amide bonds. The van der Waals surface area contributed by atoms with E-state index in [2.05, 4.69) is 15.0 Å². The van der Waals surface area contributed by atoms with E-state index in [1.807, 2.05) is 0 Å². The molecule has 0 atom stereocenters. The van der Waals surface area contributed by atoms with Crippen LogP contribution in [0.2, 0.25) is 0 Å². The molecule has 8 heteroatoms.